The second-order valence-electron chi connectivity index (χ2n) is 13.1. The van der Waals surface area contributed by atoms with Crippen LogP contribution in [0.2, 0.25) is 0 Å². The van der Waals surface area contributed by atoms with E-state index in [4.69, 9.17) is 4.74 Å². The quantitative estimate of drug-likeness (QED) is 0.476. The van der Waals surface area contributed by atoms with Gasteiger partial charge in [0.25, 0.3) is 0 Å². The fraction of sp³-hybridized carbons (Fsp3) is 0.931. The van der Waals surface area contributed by atoms with Crippen LogP contribution in [0.25, 0.3) is 0 Å². The van der Waals surface area contributed by atoms with Crippen LogP contribution in [0.1, 0.15) is 98.8 Å². The van der Waals surface area contributed by atoms with E-state index >= 15 is 0 Å². The maximum Gasteiger partial charge on any atom is 0.106 e. The summed E-state index contributed by atoms with van der Waals surface area (Å²) >= 11 is 0. The summed E-state index contributed by atoms with van der Waals surface area (Å²) in [7, 11) is 4.35. The zero-order valence-corrected chi connectivity index (χ0v) is 22.1. The van der Waals surface area contributed by atoms with E-state index in [1.54, 1.807) is 5.57 Å². The Morgan fingerprint density at radius 2 is 1.78 bits per heavy atom. The first-order valence-electron chi connectivity index (χ1n) is 13.8. The number of allylic oxidation sites excluding steroid dienone is 1. The van der Waals surface area contributed by atoms with Crippen molar-refractivity contribution in [3.8, 4) is 0 Å². The molecule has 1 unspecified atom stereocenters. The van der Waals surface area contributed by atoms with E-state index in [1.165, 1.54) is 50.7 Å². The highest BCUT2D eigenvalue weighted by Gasteiger charge is 2.60. The predicted octanol–water partition coefficient (Wildman–Crippen LogP) is 6.66. The summed E-state index contributed by atoms with van der Waals surface area (Å²) in [4.78, 5) is 2.30. The highest BCUT2D eigenvalue weighted by molar-refractivity contribution is 5.25. The van der Waals surface area contributed by atoms with Crippen molar-refractivity contribution in [2.45, 2.75) is 111 Å². The van der Waals surface area contributed by atoms with Gasteiger partial charge in [0.05, 0.1) is 11.9 Å². The molecule has 0 aromatic rings. The molecule has 32 heavy (non-hydrogen) atoms. The number of hydrogen-bond donors (Lipinski definition) is 1. The normalized spacial score (nSPS) is 45.0. The third-order valence-corrected chi connectivity index (χ3v) is 10.8. The summed E-state index contributed by atoms with van der Waals surface area (Å²) in [5.41, 5.74) is 2.44. The van der Waals surface area contributed by atoms with E-state index in [0.29, 0.717) is 28.8 Å². The predicted molar refractivity (Wildman–Crippen MR) is 133 cm³/mol. The van der Waals surface area contributed by atoms with Crippen LogP contribution in [0.3, 0.4) is 0 Å². The lowest BCUT2D eigenvalue weighted by Crippen LogP contribution is -2.46. The van der Waals surface area contributed by atoms with Gasteiger partial charge in [0.2, 0.25) is 0 Å². The Bertz CT molecular complexity index is 701. The van der Waals surface area contributed by atoms with Crippen molar-refractivity contribution in [2.24, 2.45) is 40.4 Å². The first-order chi connectivity index (χ1) is 15.1. The molecule has 0 amide bonds. The Hall–Kier alpha value is -0.540. The van der Waals surface area contributed by atoms with Crippen molar-refractivity contribution < 1.29 is 9.84 Å². The lowest BCUT2D eigenvalue weighted by atomic mass is 9.52. The largest absolute Gasteiger partial charge is 0.494 e. The van der Waals surface area contributed by atoms with Crippen LogP contribution >= 0.6 is 0 Å². The van der Waals surface area contributed by atoms with Crippen LogP contribution in [0, 0.1) is 40.4 Å². The molecule has 3 saturated carbocycles. The van der Waals surface area contributed by atoms with Gasteiger partial charge in [0.15, 0.2) is 0 Å². The Morgan fingerprint density at radius 3 is 2.47 bits per heavy atom. The molecule has 3 aliphatic carbocycles. The van der Waals surface area contributed by atoms with Gasteiger partial charge in [-0.05, 0) is 112 Å². The Labute approximate surface area is 198 Å². The van der Waals surface area contributed by atoms with E-state index in [9.17, 15) is 5.11 Å². The molecule has 1 heterocycles. The zero-order chi connectivity index (χ0) is 23.3. The van der Waals surface area contributed by atoms with E-state index in [0.717, 1.165) is 43.6 Å². The van der Waals surface area contributed by atoms with Crippen molar-refractivity contribution in [3.63, 3.8) is 0 Å². The van der Waals surface area contributed by atoms with Crippen molar-refractivity contribution in [1.29, 1.82) is 0 Å². The molecular weight excluding hydrogens is 394 g/mol. The van der Waals surface area contributed by atoms with Crippen molar-refractivity contribution in [2.75, 3.05) is 20.6 Å². The first-order valence-corrected chi connectivity index (χ1v) is 13.8. The molecule has 3 heteroatoms. The van der Waals surface area contributed by atoms with E-state index < -0.39 is 0 Å². The molecule has 4 rings (SSSR count). The second-order valence-corrected chi connectivity index (χ2v) is 13.1. The number of fused-ring (bicyclic) bond motifs is 3. The van der Waals surface area contributed by atoms with E-state index in [2.05, 4.69) is 53.6 Å². The van der Waals surface area contributed by atoms with Gasteiger partial charge >= 0.3 is 0 Å². The second kappa shape index (κ2) is 9.25. The van der Waals surface area contributed by atoms with Crippen LogP contribution in [-0.4, -0.2) is 42.9 Å². The number of nitrogens with zero attached hydrogens (tertiary/aromatic N) is 1. The topological polar surface area (TPSA) is 32.7 Å². The fourth-order valence-electron chi connectivity index (χ4n) is 8.89. The number of ether oxygens (including phenoxy) is 1. The minimum Gasteiger partial charge on any atom is -0.494 e. The molecule has 0 aromatic carbocycles. The molecule has 0 bridgehead atoms. The fourth-order valence-corrected chi connectivity index (χ4v) is 8.89. The molecule has 184 valence electrons. The average molecular weight is 446 g/mol. The molecule has 4 aliphatic rings. The van der Waals surface area contributed by atoms with Gasteiger partial charge in [0, 0.05) is 18.9 Å². The summed E-state index contributed by atoms with van der Waals surface area (Å²) in [5, 5.41) is 10.3. The number of aliphatic hydroxyl groups is 1. The van der Waals surface area contributed by atoms with Gasteiger partial charge in [-0.25, -0.2) is 0 Å². The SMILES string of the molecule is CC[C@H]1C[C@@H](O)CC[C@]1(C)[C@H]1CC[C@]2(C)C3C(C)=C(CC[C@H](C)CN(C)C)O[C@H]3C[C@H]2C1. The van der Waals surface area contributed by atoms with Gasteiger partial charge in [-0.2, -0.15) is 0 Å². The first kappa shape index (κ1) is 24.6. The molecule has 1 N–H and O–H groups in total. The Balaban J connectivity index is 1.43. The monoisotopic (exact) mass is 445 g/mol. The van der Waals surface area contributed by atoms with Gasteiger partial charge in [0.1, 0.15) is 6.10 Å². The number of hydrogen-bond acceptors (Lipinski definition) is 3. The summed E-state index contributed by atoms with van der Waals surface area (Å²) < 4.78 is 6.71. The van der Waals surface area contributed by atoms with Crippen LogP contribution in [0.15, 0.2) is 11.3 Å². The number of rotatable bonds is 7. The Morgan fingerprint density at radius 1 is 1.06 bits per heavy atom. The minimum absolute atomic E-state index is 0.0622. The smallest absolute Gasteiger partial charge is 0.106 e. The van der Waals surface area contributed by atoms with Crippen molar-refractivity contribution in [1.82, 2.24) is 4.90 Å². The van der Waals surface area contributed by atoms with Crippen LogP contribution in [0.5, 0.6) is 0 Å². The number of aliphatic hydroxyl groups excluding tert-OH is 1. The summed E-state index contributed by atoms with van der Waals surface area (Å²) in [6.07, 6.45) is 12.6. The molecular formula is C29H51NO2. The maximum absolute atomic E-state index is 10.3. The molecule has 0 radical (unpaired) electrons. The Kier molecular flexibility index (Phi) is 7.11. The summed E-state index contributed by atoms with van der Waals surface area (Å²) in [6, 6.07) is 0. The molecule has 9 atom stereocenters. The van der Waals surface area contributed by atoms with E-state index in [-0.39, 0.29) is 6.10 Å². The van der Waals surface area contributed by atoms with Crippen LogP contribution < -0.4 is 0 Å². The third kappa shape index (κ3) is 4.30. The molecule has 0 spiro atoms. The van der Waals surface area contributed by atoms with Gasteiger partial charge in [-0.3, -0.25) is 0 Å². The lowest BCUT2D eigenvalue weighted by Gasteiger charge is -2.53. The average Bonchev–Trinajstić information content (AvgIpc) is 3.20. The third-order valence-electron chi connectivity index (χ3n) is 10.8. The zero-order valence-electron chi connectivity index (χ0n) is 22.1. The van der Waals surface area contributed by atoms with Gasteiger partial charge < -0.3 is 14.7 Å². The van der Waals surface area contributed by atoms with Crippen molar-refractivity contribution in [3.05, 3.63) is 11.3 Å². The molecule has 1 aliphatic heterocycles. The van der Waals surface area contributed by atoms with Crippen LogP contribution in [-0.2, 0) is 4.74 Å². The highest BCUT2D eigenvalue weighted by Crippen LogP contribution is 2.65. The minimum atomic E-state index is -0.0622. The highest BCUT2D eigenvalue weighted by atomic mass is 16.5. The van der Waals surface area contributed by atoms with Gasteiger partial charge in [-0.1, -0.05) is 34.1 Å². The summed E-state index contributed by atoms with van der Waals surface area (Å²) in [5.74, 6) is 5.03. The molecule has 3 fully saturated rings. The standard InChI is InChI=1S/C29H51NO2/c1-8-21-16-24(31)12-14-28(21,4)22-11-13-29(5)23(15-22)17-26-27(29)20(3)25(32-26)10-9-19(2)18-30(6)7/h19,21-24,26-27,31H,8-18H2,1-7H3/t19-,21-,22-,23+,24-,26-,27?,28-,29-/m0/s1. The lowest BCUT2D eigenvalue weighted by molar-refractivity contribution is -0.0577. The van der Waals surface area contributed by atoms with Crippen molar-refractivity contribution >= 4 is 0 Å². The maximum atomic E-state index is 10.3. The molecule has 0 aromatic heterocycles. The van der Waals surface area contributed by atoms with Gasteiger partial charge in [-0.15, -0.1) is 0 Å². The van der Waals surface area contributed by atoms with E-state index in [1.807, 2.05) is 0 Å². The summed E-state index contributed by atoms with van der Waals surface area (Å²) in [6.45, 7) is 13.5. The van der Waals surface area contributed by atoms with Crippen LogP contribution in [0.4, 0.5) is 0 Å². The molecule has 3 nitrogen and oxygen atoms in total. The molecule has 0 saturated heterocycles.